The first-order valence-corrected chi connectivity index (χ1v) is 9.82. The third kappa shape index (κ3) is 4.69. The van der Waals surface area contributed by atoms with Crippen molar-refractivity contribution < 1.29 is 4.79 Å². The van der Waals surface area contributed by atoms with E-state index in [2.05, 4.69) is 31.2 Å². The van der Waals surface area contributed by atoms with Gasteiger partial charge in [-0.05, 0) is 31.4 Å². The number of hydrogen-bond donors (Lipinski definition) is 1. The van der Waals surface area contributed by atoms with Crippen molar-refractivity contribution in [3.8, 4) is 11.3 Å². The molecule has 2 N–H and O–H groups in total. The summed E-state index contributed by atoms with van der Waals surface area (Å²) >= 11 is 0. The Morgan fingerprint density at radius 3 is 2.52 bits per heavy atom. The van der Waals surface area contributed by atoms with Gasteiger partial charge in [0.1, 0.15) is 5.69 Å². The highest BCUT2D eigenvalue weighted by Crippen LogP contribution is 2.26. The molecule has 1 fully saturated rings. The van der Waals surface area contributed by atoms with E-state index in [1.807, 2.05) is 46.1 Å². The summed E-state index contributed by atoms with van der Waals surface area (Å²) in [6, 6.07) is 18.4. The van der Waals surface area contributed by atoms with Gasteiger partial charge in [0.25, 0.3) is 5.91 Å². The quantitative estimate of drug-likeness (QED) is 0.696. The minimum atomic E-state index is 0. The van der Waals surface area contributed by atoms with E-state index in [0.29, 0.717) is 24.6 Å². The molecule has 29 heavy (non-hydrogen) atoms. The van der Waals surface area contributed by atoms with Crippen LogP contribution in [-0.4, -0.2) is 40.2 Å². The first-order chi connectivity index (χ1) is 13.6. The molecule has 1 aromatic heterocycles. The van der Waals surface area contributed by atoms with Crippen molar-refractivity contribution in [3.05, 3.63) is 77.5 Å². The summed E-state index contributed by atoms with van der Waals surface area (Å²) in [5.74, 6) is 0.442. The van der Waals surface area contributed by atoms with Crippen LogP contribution in [0.15, 0.2) is 60.8 Å². The molecule has 1 unspecified atom stereocenters. The molecule has 2 aromatic carbocycles. The molecule has 152 valence electrons. The van der Waals surface area contributed by atoms with E-state index >= 15 is 0 Å². The summed E-state index contributed by atoms with van der Waals surface area (Å²) < 4.78 is 1.87. The summed E-state index contributed by atoms with van der Waals surface area (Å²) in [7, 11) is 0. The van der Waals surface area contributed by atoms with Crippen molar-refractivity contribution in [2.75, 3.05) is 19.6 Å². The zero-order chi connectivity index (χ0) is 19.5. The fraction of sp³-hybridized carbons (Fsp3) is 0.304. The van der Waals surface area contributed by atoms with Crippen LogP contribution in [0.3, 0.4) is 0 Å². The van der Waals surface area contributed by atoms with Crippen LogP contribution in [-0.2, 0) is 6.54 Å². The highest BCUT2D eigenvalue weighted by molar-refractivity contribution is 6.00. The Balaban J connectivity index is 0.00000240. The van der Waals surface area contributed by atoms with E-state index in [9.17, 15) is 4.79 Å². The Hall–Kier alpha value is -2.63. The Kier molecular flexibility index (Phi) is 6.72. The van der Waals surface area contributed by atoms with E-state index in [4.69, 9.17) is 10.8 Å². The zero-order valence-corrected chi connectivity index (χ0v) is 17.4. The third-order valence-electron chi connectivity index (χ3n) is 5.41. The van der Waals surface area contributed by atoms with Gasteiger partial charge in [-0.2, -0.15) is 5.10 Å². The predicted octanol–water partition coefficient (Wildman–Crippen LogP) is 3.75. The lowest BCUT2D eigenvalue weighted by Gasteiger charge is -2.16. The van der Waals surface area contributed by atoms with Gasteiger partial charge in [0.2, 0.25) is 0 Å². The number of amides is 1. The maximum Gasteiger partial charge on any atom is 0.257 e. The number of nitrogens with zero attached hydrogens (tertiary/aromatic N) is 3. The van der Waals surface area contributed by atoms with E-state index in [-0.39, 0.29) is 18.3 Å². The van der Waals surface area contributed by atoms with Gasteiger partial charge >= 0.3 is 0 Å². The number of likely N-dealkylation sites (tertiary alicyclic amines) is 1. The number of halogens is 1. The molecular formula is C23H27ClN4O. The van der Waals surface area contributed by atoms with E-state index in [0.717, 1.165) is 36.3 Å². The number of hydrogen-bond acceptors (Lipinski definition) is 3. The molecule has 4 rings (SSSR count). The van der Waals surface area contributed by atoms with Crippen LogP contribution in [0.2, 0.25) is 0 Å². The largest absolute Gasteiger partial charge is 0.338 e. The standard InChI is InChI=1S/C23H26N4O.ClH/c1-17-7-9-20(10-8-17)22-21(23(28)26-12-11-19(13-24)14-26)16-27(25-22)15-18-5-3-2-4-6-18;/h2-10,16,19H,11-15,24H2,1H3;1H. The Bertz CT molecular complexity index is 953. The van der Waals surface area contributed by atoms with Crippen molar-refractivity contribution in [1.29, 1.82) is 0 Å². The Morgan fingerprint density at radius 2 is 1.86 bits per heavy atom. The summed E-state index contributed by atoms with van der Waals surface area (Å²) in [5.41, 5.74) is 10.5. The molecule has 0 radical (unpaired) electrons. The summed E-state index contributed by atoms with van der Waals surface area (Å²) in [6.45, 7) is 4.81. The highest BCUT2D eigenvalue weighted by Gasteiger charge is 2.29. The van der Waals surface area contributed by atoms with Gasteiger partial charge in [-0.15, -0.1) is 12.4 Å². The van der Waals surface area contributed by atoms with Gasteiger partial charge in [0, 0.05) is 24.8 Å². The molecule has 0 aliphatic carbocycles. The van der Waals surface area contributed by atoms with E-state index < -0.39 is 0 Å². The second-order valence-electron chi connectivity index (χ2n) is 7.58. The molecule has 1 aliphatic heterocycles. The van der Waals surface area contributed by atoms with Gasteiger partial charge in [0.05, 0.1) is 12.1 Å². The van der Waals surface area contributed by atoms with E-state index in [1.165, 1.54) is 5.56 Å². The van der Waals surface area contributed by atoms with Crippen molar-refractivity contribution in [1.82, 2.24) is 14.7 Å². The molecule has 3 aromatic rings. The minimum Gasteiger partial charge on any atom is -0.338 e. The molecule has 6 heteroatoms. The fourth-order valence-corrected chi connectivity index (χ4v) is 3.73. The highest BCUT2D eigenvalue weighted by atomic mass is 35.5. The summed E-state index contributed by atoms with van der Waals surface area (Å²) in [5, 5.41) is 4.78. The van der Waals surface area contributed by atoms with Gasteiger partial charge in [-0.3, -0.25) is 9.48 Å². The van der Waals surface area contributed by atoms with Crippen molar-refractivity contribution in [3.63, 3.8) is 0 Å². The second-order valence-corrected chi connectivity index (χ2v) is 7.58. The normalized spacial score (nSPS) is 15.9. The molecule has 0 spiro atoms. The fourth-order valence-electron chi connectivity index (χ4n) is 3.73. The molecule has 2 heterocycles. The monoisotopic (exact) mass is 410 g/mol. The Labute approximate surface area is 177 Å². The summed E-state index contributed by atoms with van der Waals surface area (Å²) in [4.78, 5) is 15.2. The number of aromatic nitrogens is 2. The van der Waals surface area contributed by atoms with Crippen LogP contribution in [0, 0.1) is 12.8 Å². The number of rotatable bonds is 5. The maximum atomic E-state index is 13.3. The van der Waals surface area contributed by atoms with Gasteiger partial charge in [-0.1, -0.05) is 60.2 Å². The van der Waals surface area contributed by atoms with Gasteiger partial charge in [0.15, 0.2) is 0 Å². The minimum absolute atomic E-state index is 0. The van der Waals surface area contributed by atoms with Gasteiger partial charge in [-0.25, -0.2) is 0 Å². The van der Waals surface area contributed by atoms with Crippen LogP contribution >= 0.6 is 12.4 Å². The molecule has 1 amide bonds. The number of carbonyl (C=O) groups excluding carboxylic acids is 1. The SMILES string of the molecule is Cc1ccc(-c2nn(Cc3ccccc3)cc2C(=O)N2CCC(CN)C2)cc1.Cl. The average molecular weight is 411 g/mol. The number of aryl methyl sites for hydroxylation is 1. The van der Waals surface area contributed by atoms with Crippen LogP contribution < -0.4 is 5.73 Å². The van der Waals surface area contributed by atoms with Crippen molar-refractivity contribution in [2.24, 2.45) is 11.7 Å². The first kappa shape index (κ1) is 21.1. The summed E-state index contributed by atoms with van der Waals surface area (Å²) in [6.07, 6.45) is 2.86. The molecular weight excluding hydrogens is 384 g/mol. The lowest BCUT2D eigenvalue weighted by molar-refractivity contribution is 0.0788. The zero-order valence-electron chi connectivity index (χ0n) is 16.6. The van der Waals surface area contributed by atoms with Crippen molar-refractivity contribution in [2.45, 2.75) is 19.9 Å². The average Bonchev–Trinajstić information content (AvgIpc) is 3.36. The Morgan fingerprint density at radius 1 is 1.14 bits per heavy atom. The van der Waals surface area contributed by atoms with Crippen LogP contribution in [0.25, 0.3) is 11.3 Å². The lowest BCUT2D eigenvalue weighted by atomic mass is 10.1. The smallest absolute Gasteiger partial charge is 0.257 e. The topological polar surface area (TPSA) is 64.2 Å². The molecule has 0 saturated carbocycles. The number of benzene rings is 2. The van der Waals surface area contributed by atoms with Crippen LogP contribution in [0.4, 0.5) is 0 Å². The van der Waals surface area contributed by atoms with Crippen LogP contribution in [0.1, 0.15) is 27.9 Å². The predicted molar refractivity (Wildman–Crippen MR) is 118 cm³/mol. The van der Waals surface area contributed by atoms with Crippen LogP contribution in [0.5, 0.6) is 0 Å². The molecule has 1 aliphatic rings. The van der Waals surface area contributed by atoms with Gasteiger partial charge < -0.3 is 10.6 Å². The molecule has 1 atom stereocenters. The van der Waals surface area contributed by atoms with Crippen molar-refractivity contribution >= 4 is 18.3 Å². The molecule has 5 nitrogen and oxygen atoms in total. The molecule has 0 bridgehead atoms. The lowest BCUT2D eigenvalue weighted by Crippen LogP contribution is -2.30. The van der Waals surface area contributed by atoms with E-state index in [1.54, 1.807) is 0 Å². The second kappa shape index (κ2) is 9.25. The number of nitrogens with two attached hydrogens (primary N) is 1. The number of carbonyl (C=O) groups is 1. The molecule has 1 saturated heterocycles. The third-order valence-corrected chi connectivity index (χ3v) is 5.41. The first-order valence-electron chi connectivity index (χ1n) is 9.82. The maximum absolute atomic E-state index is 13.3.